The minimum absolute atomic E-state index is 0.641. The van der Waals surface area contributed by atoms with E-state index in [1.54, 1.807) is 0 Å². The highest BCUT2D eigenvalue weighted by atomic mass is 15.2. The Hall–Kier alpha value is -1.68. The molecule has 84 valence electrons. The van der Waals surface area contributed by atoms with Crippen LogP contribution < -0.4 is 5.73 Å². The minimum Gasteiger partial charge on any atom is -0.330 e. The highest BCUT2D eigenvalue weighted by Gasteiger charge is 2.08. The highest BCUT2D eigenvalue weighted by molar-refractivity contribution is 5.59. The molecule has 4 nitrogen and oxygen atoms in total. The van der Waals surface area contributed by atoms with Crippen molar-refractivity contribution < 1.29 is 0 Å². The van der Waals surface area contributed by atoms with Gasteiger partial charge in [0, 0.05) is 12.0 Å². The zero-order valence-corrected chi connectivity index (χ0v) is 9.40. The molecule has 4 heteroatoms. The van der Waals surface area contributed by atoms with E-state index in [-0.39, 0.29) is 0 Å². The summed E-state index contributed by atoms with van der Waals surface area (Å²) in [5.74, 6) is 1.68. The number of H-pyrrole nitrogens is 1. The van der Waals surface area contributed by atoms with Crippen LogP contribution >= 0.6 is 0 Å². The van der Waals surface area contributed by atoms with Crippen LogP contribution in [0.2, 0.25) is 0 Å². The zero-order valence-electron chi connectivity index (χ0n) is 9.40. The minimum atomic E-state index is 0.641. The second-order valence-electron chi connectivity index (χ2n) is 3.66. The van der Waals surface area contributed by atoms with Crippen molar-refractivity contribution in [1.29, 1.82) is 0 Å². The fourth-order valence-electron chi connectivity index (χ4n) is 1.69. The van der Waals surface area contributed by atoms with Gasteiger partial charge in [0.15, 0.2) is 5.82 Å². The second kappa shape index (κ2) is 4.90. The third-order valence-electron chi connectivity index (χ3n) is 2.54. The van der Waals surface area contributed by atoms with E-state index in [4.69, 9.17) is 5.73 Å². The monoisotopic (exact) mass is 216 g/mol. The first-order valence-corrected chi connectivity index (χ1v) is 5.54. The maximum atomic E-state index is 5.59. The Morgan fingerprint density at radius 3 is 2.81 bits per heavy atom. The average Bonchev–Trinajstić information content (AvgIpc) is 2.79. The Bertz CT molecular complexity index is 462. The van der Waals surface area contributed by atoms with Crippen molar-refractivity contribution in [2.75, 3.05) is 6.54 Å². The first-order valence-electron chi connectivity index (χ1n) is 5.54. The Labute approximate surface area is 94.9 Å². The molecule has 1 aromatic carbocycles. The van der Waals surface area contributed by atoms with E-state index in [1.165, 1.54) is 5.56 Å². The summed E-state index contributed by atoms with van der Waals surface area (Å²) < 4.78 is 0. The van der Waals surface area contributed by atoms with Gasteiger partial charge < -0.3 is 5.73 Å². The van der Waals surface area contributed by atoms with Crippen molar-refractivity contribution >= 4 is 0 Å². The van der Waals surface area contributed by atoms with Crippen molar-refractivity contribution in [3.05, 3.63) is 35.7 Å². The molecule has 0 unspecified atom stereocenters. The molecule has 3 N–H and O–H groups in total. The van der Waals surface area contributed by atoms with Gasteiger partial charge in [0.05, 0.1) is 0 Å². The normalized spacial score (nSPS) is 10.6. The fourth-order valence-corrected chi connectivity index (χ4v) is 1.69. The summed E-state index contributed by atoms with van der Waals surface area (Å²) in [6.45, 7) is 2.69. The molecule has 0 aliphatic rings. The summed E-state index contributed by atoms with van der Waals surface area (Å²) in [5.41, 5.74) is 7.86. The van der Waals surface area contributed by atoms with Gasteiger partial charge in [0.25, 0.3) is 0 Å². The lowest BCUT2D eigenvalue weighted by molar-refractivity contribution is 0.946. The molecule has 0 amide bonds. The summed E-state index contributed by atoms with van der Waals surface area (Å²) in [5, 5.41) is 7.15. The van der Waals surface area contributed by atoms with Crippen molar-refractivity contribution in [2.24, 2.45) is 5.73 Å². The predicted molar refractivity (Wildman–Crippen MR) is 64.0 cm³/mol. The van der Waals surface area contributed by atoms with Gasteiger partial charge in [-0.15, -0.1) is 0 Å². The number of aromatic nitrogens is 3. The van der Waals surface area contributed by atoms with Gasteiger partial charge in [-0.1, -0.05) is 31.2 Å². The number of aryl methyl sites for hydroxylation is 1. The van der Waals surface area contributed by atoms with Crippen LogP contribution in [0.4, 0.5) is 0 Å². The first-order chi connectivity index (χ1) is 7.85. The van der Waals surface area contributed by atoms with Gasteiger partial charge in [-0.05, 0) is 18.5 Å². The molecule has 1 heterocycles. The highest BCUT2D eigenvalue weighted by Crippen LogP contribution is 2.20. The number of benzene rings is 1. The van der Waals surface area contributed by atoms with E-state index in [9.17, 15) is 0 Å². The number of hydrogen-bond acceptors (Lipinski definition) is 3. The first kappa shape index (κ1) is 10.8. The third-order valence-corrected chi connectivity index (χ3v) is 2.54. The number of nitrogens with two attached hydrogens (primary N) is 1. The summed E-state index contributed by atoms with van der Waals surface area (Å²) >= 11 is 0. The lowest BCUT2D eigenvalue weighted by Crippen LogP contribution is -2.04. The topological polar surface area (TPSA) is 67.6 Å². The maximum absolute atomic E-state index is 5.59. The third kappa shape index (κ3) is 2.12. The van der Waals surface area contributed by atoms with Gasteiger partial charge in [-0.2, -0.15) is 5.10 Å². The van der Waals surface area contributed by atoms with Crippen LogP contribution in [0.3, 0.4) is 0 Å². The number of nitrogens with one attached hydrogen (secondary N) is 1. The van der Waals surface area contributed by atoms with Gasteiger partial charge in [-0.25, -0.2) is 4.98 Å². The predicted octanol–water partition coefficient (Wildman–Crippen LogP) is 1.54. The average molecular weight is 216 g/mol. The number of hydrogen-bond donors (Lipinski definition) is 2. The van der Waals surface area contributed by atoms with Crippen LogP contribution in [-0.2, 0) is 12.8 Å². The molecule has 0 aliphatic carbocycles. The molecular formula is C12H16N4. The summed E-state index contributed by atoms with van der Waals surface area (Å²) in [4.78, 5) is 4.43. The quantitative estimate of drug-likeness (QED) is 0.814. The molecule has 2 rings (SSSR count). The Morgan fingerprint density at radius 1 is 1.31 bits per heavy atom. The summed E-state index contributed by atoms with van der Waals surface area (Å²) in [7, 11) is 0. The molecule has 1 aromatic heterocycles. The molecule has 2 aromatic rings. The molecule has 0 bridgehead atoms. The molecule has 16 heavy (non-hydrogen) atoms. The van der Waals surface area contributed by atoms with E-state index in [0.29, 0.717) is 6.54 Å². The van der Waals surface area contributed by atoms with E-state index in [1.807, 2.05) is 18.2 Å². The van der Waals surface area contributed by atoms with E-state index in [0.717, 1.165) is 30.1 Å². The van der Waals surface area contributed by atoms with Crippen LogP contribution in [0.25, 0.3) is 11.4 Å². The Kier molecular flexibility index (Phi) is 3.31. The van der Waals surface area contributed by atoms with Crippen molar-refractivity contribution in [3.63, 3.8) is 0 Å². The molecular weight excluding hydrogens is 200 g/mol. The molecule has 0 atom stereocenters. The molecule has 0 spiro atoms. The van der Waals surface area contributed by atoms with Crippen molar-refractivity contribution in [3.8, 4) is 11.4 Å². The van der Waals surface area contributed by atoms with E-state index in [2.05, 4.69) is 28.2 Å². The maximum Gasteiger partial charge on any atom is 0.181 e. The van der Waals surface area contributed by atoms with Crippen LogP contribution in [-0.4, -0.2) is 21.7 Å². The Morgan fingerprint density at radius 2 is 2.12 bits per heavy atom. The number of aromatic amines is 1. The lowest BCUT2D eigenvalue weighted by atomic mass is 10.0. The number of nitrogens with zero attached hydrogens (tertiary/aromatic N) is 2. The van der Waals surface area contributed by atoms with Crippen LogP contribution in [0.5, 0.6) is 0 Å². The molecule has 0 aliphatic heterocycles. The van der Waals surface area contributed by atoms with Gasteiger partial charge in [-0.3, -0.25) is 5.10 Å². The molecule has 0 saturated carbocycles. The van der Waals surface area contributed by atoms with Gasteiger partial charge >= 0.3 is 0 Å². The second-order valence-corrected chi connectivity index (χ2v) is 3.66. The molecule has 0 saturated heterocycles. The fraction of sp³-hybridized carbons (Fsp3) is 0.333. The largest absolute Gasteiger partial charge is 0.330 e. The molecule has 0 radical (unpaired) electrons. The van der Waals surface area contributed by atoms with E-state index < -0.39 is 0 Å². The summed E-state index contributed by atoms with van der Waals surface area (Å²) in [6.07, 6.45) is 1.72. The summed E-state index contributed by atoms with van der Waals surface area (Å²) in [6, 6.07) is 8.12. The van der Waals surface area contributed by atoms with Gasteiger partial charge in [0.2, 0.25) is 0 Å². The van der Waals surface area contributed by atoms with Crippen LogP contribution in [0.1, 0.15) is 18.3 Å². The molecule has 0 fully saturated rings. The SMILES string of the molecule is CCc1nc(-c2ccccc2CCN)n[nH]1. The lowest BCUT2D eigenvalue weighted by Gasteiger charge is -2.04. The van der Waals surface area contributed by atoms with E-state index >= 15 is 0 Å². The van der Waals surface area contributed by atoms with Crippen LogP contribution in [0, 0.1) is 0 Å². The number of rotatable bonds is 4. The van der Waals surface area contributed by atoms with Crippen molar-refractivity contribution in [1.82, 2.24) is 15.2 Å². The smallest absolute Gasteiger partial charge is 0.181 e. The Balaban J connectivity index is 2.38. The zero-order chi connectivity index (χ0) is 11.4. The van der Waals surface area contributed by atoms with Gasteiger partial charge in [0.1, 0.15) is 5.82 Å². The van der Waals surface area contributed by atoms with Crippen molar-refractivity contribution in [2.45, 2.75) is 19.8 Å². The standard InChI is InChI=1S/C12H16N4/c1-2-11-14-12(16-15-11)10-6-4-3-5-9(10)7-8-13/h3-6H,2,7-8,13H2,1H3,(H,14,15,16). The van der Waals surface area contributed by atoms with Crippen LogP contribution in [0.15, 0.2) is 24.3 Å².